The lowest BCUT2D eigenvalue weighted by Gasteiger charge is -2.07. The lowest BCUT2D eigenvalue weighted by atomic mass is 10.2. The fraction of sp³-hybridized carbons (Fsp3) is 0.0588. The van der Waals surface area contributed by atoms with Gasteiger partial charge in [0.15, 0.2) is 17.4 Å². The summed E-state index contributed by atoms with van der Waals surface area (Å²) in [6, 6.07) is 16.0. The minimum Gasteiger partial charge on any atom is -0.486 e. The predicted octanol–water partition coefficient (Wildman–Crippen LogP) is 3.86. The van der Waals surface area contributed by atoms with Crippen molar-refractivity contribution in [2.45, 2.75) is 6.61 Å². The minimum atomic E-state index is -0.376. The van der Waals surface area contributed by atoms with Crippen LogP contribution in [0.15, 0.2) is 67.0 Å². The van der Waals surface area contributed by atoms with Crippen molar-refractivity contribution in [2.24, 2.45) is 0 Å². The highest BCUT2D eigenvalue weighted by atomic mass is 19.1. The van der Waals surface area contributed by atoms with E-state index in [-0.39, 0.29) is 18.2 Å². The van der Waals surface area contributed by atoms with Crippen molar-refractivity contribution in [1.82, 2.24) is 9.97 Å². The molecular weight excluding hydrogens is 267 g/mol. The third-order valence-electron chi connectivity index (χ3n) is 2.97. The number of nitrogens with zero attached hydrogens (tertiary/aromatic N) is 2. The second-order valence-corrected chi connectivity index (χ2v) is 4.50. The summed E-state index contributed by atoms with van der Waals surface area (Å²) in [4.78, 5) is 8.60. The van der Waals surface area contributed by atoms with E-state index in [0.29, 0.717) is 5.82 Å². The molecule has 0 bridgehead atoms. The van der Waals surface area contributed by atoms with Gasteiger partial charge in [-0.2, -0.15) is 0 Å². The standard InChI is InChI=1S/C17H13FN2O/c18-15-8-4-5-9-16(15)21-12-13-10-19-17(20-11-13)14-6-2-1-3-7-14/h1-11H,12H2. The number of rotatable bonds is 4. The van der Waals surface area contributed by atoms with E-state index in [1.54, 1.807) is 30.6 Å². The van der Waals surface area contributed by atoms with Crippen LogP contribution in [0.2, 0.25) is 0 Å². The van der Waals surface area contributed by atoms with Gasteiger partial charge in [-0.1, -0.05) is 42.5 Å². The molecule has 1 heterocycles. The van der Waals surface area contributed by atoms with Crippen LogP contribution in [0.3, 0.4) is 0 Å². The Balaban J connectivity index is 1.69. The van der Waals surface area contributed by atoms with Crippen LogP contribution in [0, 0.1) is 5.82 Å². The normalized spacial score (nSPS) is 10.3. The fourth-order valence-electron chi connectivity index (χ4n) is 1.89. The van der Waals surface area contributed by atoms with Crippen molar-refractivity contribution in [2.75, 3.05) is 0 Å². The van der Waals surface area contributed by atoms with Gasteiger partial charge in [-0.05, 0) is 12.1 Å². The third-order valence-corrected chi connectivity index (χ3v) is 2.97. The maximum atomic E-state index is 13.4. The molecule has 3 rings (SSSR count). The van der Waals surface area contributed by atoms with Crippen molar-refractivity contribution >= 4 is 0 Å². The minimum absolute atomic E-state index is 0.227. The molecule has 0 aliphatic heterocycles. The van der Waals surface area contributed by atoms with E-state index < -0.39 is 0 Å². The van der Waals surface area contributed by atoms with Gasteiger partial charge in [0.1, 0.15) is 6.61 Å². The largest absolute Gasteiger partial charge is 0.486 e. The van der Waals surface area contributed by atoms with Gasteiger partial charge in [0, 0.05) is 23.5 Å². The summed E-state index contributed by atoms with van der Waals surface area (Å²) in [5.41, 5.74) is 1.75. The lowest BCUT2D eigenvalue weighted by molar-refractivity contribution is 0.289. The number of hydrogen-bond acceptors (Lipinski definition) is 3. The predicted molar refractivity (Wildman–Crippen MR) is 78.2 cm³/mol. The second-order valence-electron chi connectivity index (χ2n) is 4.50. The molecule has 0 aliphatic rings. The van der Waals surface area contributed by atoms with Crippen LogP contribution in [-0.2, 0) is 6.61 Å². The Kier molecular flexibility index (Phi) is 3.87. The molecule has 0 unspecified atom stereocenters. The monoisotopic (exact) mass is 280 g/mol. The van der Waals surface area contributed by atoms with Gasteiger partial charge in [0.25, 0.3) is 0 Å². The summed E-state index contributed by atoms with van der Waals surface area (Å²) in [5.74, 6) is 0.509. The smallest absolute Gasteiger partial charge is 0.165 e. The first kappa shape index (κ1) is 13.2. The highest BCUT2D eigenvalue weighted by Crippen LogP contribution is 2.17. The zero-order valence-electron chi connectivity index (χ0n) is 11.2. The Hall–Kier alpha value is -2.75. The van der Waals surface area contributed by atoms with E-state index in [1.807, 2.05) is 30.3 Å². The maximum absolute atomic E-state index is 13.4. The number of halogens is 1. The van der Waals surface area contributed by atoms with E-state index in [2.05, 4.69) is 9.97 Å². The van der Waals surface area contributed by atoms with Gasteiger partial charge in [0.05, 0.1) is 0 Å². The summed E-state index contributed by atoms with van der Waals surface area (Å²) in [6.45, 7) is 0.232. The van der Waals surface area contributed by atoms with E-state index in [4.69, 9.17) is 4.74 Å². The van der Waals surface area contributed by atoms with Crippen LogP contribution < -0.4 is 4.74 Å². The SMILES string of the molecule is Fc1ccccc1OCc1cnc(-c2ccccc2)nc1. The molecule has 0 radical (unpaired) electrons. The molecule has 0 atom stereocenters. The Morgan fingerprint density at radius 2 is 1.52 bits per heavy atom. The van der Waals surface area contributed by atoms with E-state index >= 15 is 0 Å². The Morgan fingerprint density at radius 3 is 2.24 bits per heavy atom. The Morgan fingerprint density at radius 1 is 0.857 bits per heavy atom. The average Bonchev–Trinajstić information content (AvgIpc) is 2.55. The summed E-state index contributed by atoms with van der Waals surface area (Å²) < 4.78 is 18.8. The molecule has 0 saturated carbocycles. The van der Waals surface area contributed by atoms with Crippen molar-refractivity contribution in [3.8, 4) is 17.1 Å². The maximum Gasteiger partial charge on any atom is 0.165 e. The van der Waals surface area contributed by atoms with Crippen molar-refractivity contribution in [1.29, 1.82) is 0 Å². The molecule has 21 heavy (non-hydrogen) atoms. The highest BCUT2D eigenvalue weighted by molar-refractivity contribution is 5.53. The van der Waals surface area contributed by atoms with Crippen LogP contribution in [0.4, 0.5) is 4.39 Å². The fourth-order valence-corrected chi connectivity index (χ4v) is 1.89. The van der Waals surface area contributed by atoms with Gasteiger partial charge in [-0.25, -0.2) is 14.4 Å². The molecule has 0 spiro atoms. The molecule has 3 nitrogen and oxygen atoms in total. The summed E-state index contributed by atoms with van der Waals surface area (Å²) in [5, 5.41) is 0. The molecule has 0 N–H and O–H groups in total. The molecule has 0 amide bonds. The van der Waals surface area contributed by atoms with Crippen LogP contribution >= 0.6 is 0 Å². The quantitative estimate of drug-likeness (QED) is 0.728. The third kappa shape index (κ3) is 3.23. The van der Waals surface area contributed by atoms with E-state index in [1.165, 1.54) is 6.07 Å². The van der Waals surface area contributed by atoms with Crippen molar-refractivity contribution < 1.29 is 9.13 Å². The molecule has 3 aromatic rings. The number of ether oxygens (including phenoxy) is 1. The van der Waals surface area contributed by atoms with Crippen LogP contribution in [-0.4, -0.2) is 9.97 Å². The van der Waals surface area contributed by atoms with Crippen molar-refractivity contribution in [3.63, 3.8) is 0 Å². The summed E-state index contributed by atoms with van der Waals surface area (Å²) >= 11 is 0. The number of hydrogen-bond donors (Lipinski definition) is 0. The van der Waals surface area contributed by atoms with Gasteiger partial charge in [0.2, 0.25) is 0 Å². The van der Waals surface area contributed by atoms with Crippen LogP contribution in [0.5, 0.6) is 5.75 Å². The van der Waals surface area contributed by atoms with E-state index in [9.17, 15) is 4.39 Å². The molecule has 2 aromatic carbocycles. The molecule has 4 heteroatoms. The first-order valence-corrected chi connectivity index (χ1v) is 6.56. The number of para-hydroxylation sites is 1. The van der Waals surface area contributed by atoms with Crippen LogP contribution in [0.1, 0.15) is 5.56 Å². The first-order valence-electron chi connectivity index (χ1n) is 6.56. The van der Waals surface area contributed by atoms with Crippen molar-refractivity contribution in [3.05, 3.63) is 78.4 Å². The van der Waals surface area contributed by atoms with Gasteiger partial charge >= 0.3 is 0 Å². The molecule has 104 valence electrons. The Bertz CT molecular complexity index is 714. The van der Waals surface area contributed by atoms with E-state index in [0.717, 1.165) is 11.1 Å². The van der Waals surface area contributed by atoms with Gasteiger partial charge in [-0.3, -0.25) is 0 Å². The average molecular weight is 280 g/mol. The van der Waals surface area contributed by atoms with Gasteiger partial charge in [-0.15, -0.1) is 0 Å². The first-order chi connectivity index (χ1) is 10.3. The highest BCUT2D eigenvalue weighted by Gasteiger charge is 2.04. The molecule has 0 aliphatic carbocycles. The molecule has 1 aromatic heterocycles. The molecule has 0 saturated heterocycles. The summed E-state index contributed by atoms with van der Waals surface area (Å²) in [6.07, 6.45) is 3.38. The summed E-state index contributed by atoms with van der Waals surface area (Å²) in [7, 11) is 0. The Labute approximate surface area is 122 Å². The molecular formula is C17H13FN2O. The van der Waals surface area contributed by atoms with Crippen LogP contribution in [0.25, 0.3) is 11.4 Å². The van der Waals surface area contributed by atoms with Gasteiger partial charge < -0.3 is 4.74 Å². The molecule has 0 fully saturated rings. The second kappa shape index (κ2) is 6.13. The topological polar surface area (TPSA) is 35.0 Å². The zero-order valence-corrected chi connectivity index (χ0v) is 11.2. The zero-order chi connectivity index (χ0) is 14.5. The number of aromatic nitrogens is 2. The number of benzene rings is 2. The lowest BCUT2D eigenvalue weighted by Crippen LogP contribution is -1.99.